The second-order valence-corrected chi connectivity index (χ2v) is 6.95. The molecule has 2 aromatic carbocycles. The molecule has 1 amide bonds. The van der Waals surface area contributed by atoms with E-state index in [0.717, 1.165) is 22.9 Å². The van der Waals surface area contributed by atoms with Crippen molar-refractivity contribution in [2.75, 3.05) is 11.1 Å². The van der Waals surface area contributed by atoms with Gasteiger partial charge in [0.05, 0.1) is 17.1 Å². The summed E-state index contributed by atoms with van der Waals surface area (Å²) >= 11 is 6.87. The van der Waals surface area contributed by atoms with Crippen molar-refractivity contribution in [1.82, 2.24) is 20.2 Å². The van der Waals surface area contributed by atoms with E-state index < -0.39 is 5.82 Å². The number of hydrogen-bond acceptors (Lipinski definition) is 5. The zero-order valence-corrected chi connectivity index (χ0v) is 15.6. The summed E-state index contributed by atoms with van der Waals surface area (Å²) < 4.78 is 15.4. The van der Waals surface area contributed by atoms with Crippen LogP contribution in [0.5, 0.6) is 0 Å². The molecule has 134 valence electrons. The van der Waals surface area contributed by atoms with Gasteiger partial charge < -0.3 is 5.32 Å². The highest BCUT2D eigenvalue weighted by molar-refractivity contribution is 7.99. The van der Waals surface area contributed by atoms with E-state index >= 15 is 0 Å². The van der Waals surface area contributed by atoms with Crippen molar-refractivity contribution in [1.29, 1.82) is 0 Å². The molecule has 26 heavy (non-hydrogen) atoms. The average Bonchev–Trinajstić information content (AvgIpc) is 3.04. The van der Waals surface area contributed by atoms with Crippen molar-refractivity contribution in [3.05, 3.63) is 58.4 Å². The number of nitrogens with zero attached hydrogens (tertiary/aromatic N) is 4. The van der Waals surface area contributed by atoms with Crippen LogP contribution in [0.4, 0.5) is 10.1 Å². The molecule has 3 aromatic rings. The van der Waals surface area contributed by atoms with Crippen molar-refractivity contribution in [3.63, 3.8) is 0 Å². The van der Waals surface area contributed by atoms with Crippen molar-refractivity contribution < 1.29 is 9.18 Å². The summed E-state index contributed by atoms with van der Waals surface area (Å²) in [5.74, 6) is -0.920. The molecule has 0 bridgehead atoms. The molecular weight excluding hydrogens is 377 g/mol. The third-order valence-corrected chi connectivity index (χ3v) is 4.78. The van der Waals surface area contributed by atoms with Gasteiger partial charge in [0.25, 0.3) is 0 Å². The highest BCUT2D eigenvalue weighted by atomic mass is 35.5. The number of aryl methyl sites for hydroxylation is 2. The van der Waals surface area contributed by atoms with E-state index in [1.165, 1.54) is 23.9 Å². The fourth-order valence-electron chi connectivity index (χ4n) is 2.46. The zero-order valence-electron chi connectivity index (χ0n) is 14.0. The minimum Gasteiger partial charge on any atom is -0.323 e. The first-order valence-corrected chi connectivity index (χ1v) is 9.04. The maximum atomic E-state index is 13.8. The predicted octanol–water partition coefficient (Wildman–Crippen LogP) is 3.80. The van der Waals surface area contributed by atoms with Crippen LogP contribution in [0.1, 0.15) is 11.1 Å². The number of aromatic nitrogens is 4. The van der Waals surface area contributed by atoms with Gasteiger partial charge in [-0.25, -0.2) is 4.39 Å². The Morgan fingerprint density at radius 3 is 2.69 bits per heavy atom. The Morgan fingerprint density at radius 2 is 2.00 bits per heavy atom. The van der Waals surface area contributed by atoms with Crippen molar-refractivity contribution >= 4 is 35.0 Å². The quantitative estimate of drug-likeness (QED) is 0.669. The number of carbonyl (C=O) groups excluding carboxylic acids is 1. The normalized spacial score (nSPS) is 10.8. The number of para-hydroxylation sites is 1. The van der Waals surface area contributed by atoms with Gasteiger partial charge in [-0.3, -0.25) is 4.79 Å². The van der Waals surface area contributed by atoms with Crippen LogP contribution in [0.15, 0.2) is 41.6 Å². The van der Waals surface area contributed by atoms with Crippen molar-refractivity contribution in [2.45, 2.75) is 19.0 Å². The molecule has 0 spiro atoms. The largest absolute Gasteiger partial charge is 0.323 e. The lowest BCUT2D eigenvalue weighted by Crippen LogP contribution is -2.15. The number of nitrogens with one attached hydrogen (secondary N) is 1. The Kier molecular flexibility index (Phi) is 5.53. The fourth-order valence-corrected chi connectivity index (χ4v) is 3.29. The Balaban J connectivity index is 1.71. The number of halogens is 2. The molecule has 0 saturated heterocycles. The van der Waals surface area contributed by atoms with Gasteiger partial charge in [-0.05, 0) is 53.6 Å². The van der Waals surface area contributed by atoms with Crippen LogP contribution in [-0.2, 0) is 4.79 Å². The minimum atomic E-state index is -0.587. The SMILES string of the molecule is Cc1cccc(C)c1-n1nnnc1SCC(=O)Nc1ccc(Cl)cc1F. The third kappa shape index (κ3) is 4.03. The lowest BCUT2D eigenvalue weighted by atomic mass is 10.1. The van der Waals surface area contributed by atoms with E-state index in [4.69, 9.17) is 11.6 Å². The second kappa shape index (κ2) is 7.84. The topological polar surface area (TPSA) is 72.7 Å². The molecule has 6 nitrogen and oxygen atoms in total. The summed E-state index contributed by atoms with van der Waals surface area (Å²) in [6.07, 6.45) is 0. The fraction of sp³-hybridized carbons (Fsp3) is 0.176. The summed E-state index contributed by atoms with van der Waals surface area (Å²) in [6.45, 7) is 3.93. The van der Waals surface area contributed by atoms with Gasteiger partial charge in [-0.15, -0.1) is 5.10 Å². The molecule has 0 aliphatic carbocycles. The van der Waals surface area contributed by atoms with E-state index in [1.54, 1.807) is 4.68 Å². The molecular formula is C17H15ClFN5OS. The van der Waals surface area contributed by atoms with Gasteiger partial charge in [0.2, 0.25) is 11.1 Å². The van der Waals surface area contributed by atoms with Crippen LogP contribution in [-0.4, -0.2) is 31.9 Å². The van der Waals surface area contributed by atoms with E-state index in [-0.39, 0.29) is 22.4 Å². The number of hydrogen-bond donors (Lipinski definition) is 1. The number of amides is 1. The minimum absolute atomic E-state index is 0.0351. The number of benzene rings is 2. The molecule has 9 heteroatoms. The highest BCUT2D eigenvalue weighted by Crippen LogP contribution is 2.24. The summed E-state index contributed by atoms with van der Waals surface area (Å²) in [4.78, 5) is 12.1. The monoisotopic (exact) mass is 391 g/mol. The molecule has 0 radical (unpaired) electrons. The molecule has 1 heterocycles. The highest BCUT2D eigenvalue weighted by Gasteiger charge is 2.15. The lowest BCUT2D eigenvalue weighted by molar-refractivity contribution is -0.113. The Labute approximate surface area is 158 Å². The van der Waals surface area contributed by atoms with Gasteiger partial charge in [0.15, 0.2) is 0 Å². The van der Waals surface area contributed by atoms with E-state index in [2.05, 4.69) is 20.8 Å². The molecule has 0 aliphatic rings. The van der Waals surface area contributed by atoms with Crippen molar-refractivity contribution in [2.24, 2.45) is 0 Å². The van der Waals surface area contributed by atoms with Gasteiger partial charge in [-0.2, -0.15) is 4.68 Å². The van der Waals surface area contributed by atoms with E-state index in [1.807, 2.05) is 32.0 Å². The molecule has 0 aliphatic heterocycles. The van der Waals surface area contributed by atoms with Crippen LogP contribution in [0, 0.1) is 19.7 Å². The number of rotatable bonds is 5. The number of tetrazole rings is 1. The van der Waals surface area contributed by atoms with Gasteiger partial charge in [0, 0.05) is 5.02 Å². The number of anilines is 1. The second-order valence-electron chi connectivity index (χ2n) is 5.57. The lowest BCUT2D eigenvalue weighted by Gasteiger charge is -2.10. The van der Waals surface area contributed by atoms with Crippen LogP contribution in [0.3, 0.4) is 0 Å². The van der Waals surface area contributed by atoms with Crippen LogP contribution in [0.25, 0.3) is 5.69 Å². The predicted molar refractivity (Wildman–Crippen MR) is 99.4 cm³/mol. The summed E-state index contributed by atoms with van der Waals surface area (Å²) in [7, 11) is 0. The van der Waals surface area contributed by atoms with Gasteiger partial charge in [0.1, 0.15) is 5.82 Å². The first kappa shape index (κ1) is 18.3. The summed E-state index contributed by atoms with van der Waals surface area (Å²) in [5, 5.41) is 15.0. The Bertz CT molecular complexity index is 942. The average molecular weight is 392 g/mol. The van der Waals surface area contributed by atoms with Gasteiger partial charge in [-0.1, -0.05) is 41.6 Å². The van der Waals surface area contributed by atoms with Crippen LogP contribution < -0.4 is 5.32 Å². The Hall–Kier alpha value is -2.45. The zero-order chi connectivity index (χ0) is 18.7. The van der Waals surface area contributed by atoms with E-state index in [0.29, 0.717) is 5.16 Å². The van der Waals surface area contributed by atoms with Crippen LogP contribution >= 0.6 is 23.4 Å². The summed E-state index contributed by atoms with van der Waals surface area (Å²) in [5.41, 5.74) is 3.00. The molecule has 0 atom stereocenters. The maximum absolute atomic E-state index is 13.8. The van der Waals surface area contributed by atoms with Gasteiger partial charge >= 0.3 is 0 Å². The molecule has 1 aromatic heterocycles. The molecule has 0 unspecified atom stereocenters. The summed E-state index contributed by atoms with van der Waals surface area (Å²) in [6, 6.07) is 9.96. The van der Waals surface area contributed by atoms with Crippen LogP contribution in [0.2, 0.25) is 5.02 Å². The first-order chi connectivity index (χ1) is 12.5. The number of carbonyl (C=O) groups is 1. The molecule has 0 fully saturated rings. The molecule has 0 saturated carbocycles. The molecule has 1 N–H and O–H groups in total. The molecule has 3 rings (SSSR count). The number of thioether (sulfide) groups is 1. The first-order valence-electron chi connectivity index (χ1n) is 7.68. The maximum Gasteiger partial charge on any atom is 0.234 e. The van der Waals surface area contributed by atoms with E-state index in [9.17, 15) is 9.18 Å². The standard InChI is InChI=1S/C17H15ClFN5OS/c1-10-4-3-5-11(2)16(10)24-17(21-22-23-24)26-9-15(25)20-14-7-6-12(18)8-13(14)19/h3-8H,9H2,1-2H3,(H,20,25). The smallest absolute Gasteiger partial charge is 0.234 e. The Morgan fingerprint density at radius 1 is 1.27 bits per heavy atom. The third-order valence-electron chi connectivity index (χ3n) is 3.63. The van der Waals surface area contributed by atoms with Crippen molar-refractivity contribution in [3.8, 4) is 5.69 Å².